The van der Waals surface area contributed by atoms with Gasteiger partial charge in [-0.15, -0.1) is 0 Å². The normalized spacial score (nSPS) is 11.3. The van der Waals surface area contributed by atoms with Gasteiger partial charge in [-0.1, -0.05) is 30.7 Å². The number of rotatable bonds is 4. The van der Waals surface area contributed by atoms with Gasteiger partial charge in [0, 0.05) is 12.1 Å². The third kappa shape index (κ3) is 2.97. The van der Waals surface area contributed by atoms with E-state index in [2.05, 4.69) is 0 Å². The fourth-order valence-corrected chi connectivity index (χ4v) is 3.17. The topological polar surface area (TPSA) is 37.4 Å². The second-order valence-electron chi connectivity index (χ2n) is 4.45. The molecule has 3 nitrogen and oxygen atoms in total. The van der Waals surface area contributed by atoms with Gasteiger partial charge in [0.15, 0.2) is 0 Å². The van der Waals surface area contributed by atoms with Crippen LogP contribution < -0.4 is 4.31 Å². The molecule has 106 valence electrons. The first-order valence-corrected chi connectivity index (χ1v) is 8.10. The monoisotopic (exact) mass is 309 g/mol. The van der Waals surface area contributed by atoms with Crippen LogP contribution in [0.5, 0.6) is 0 Å². The third-order valence-electron chi connectivity index (χ3n) is 3.18. The summed E-state index contributed by atoms with van der Waals surface area (Å²) in [5.41, 5.74) is 1.69. The Labute approximate surface area is 124 Å². The second kappa shape index (κ2) is 5.85. The van der Waals surface area contributed by atoms with Crippen molar-refractivity contribution in [1.29, 1.82) is 0 Å². The molecule has 2 rings (SSSR count). The standard InChI is InChI=1S/C15H16ClNO2S/c1-3-12-4-10-15(11-5-12)20(18,19)17(2)14-8-6-13(16)7-9-14/h4-11H,3H2,1-2H3. The van der Waals surface area contributed by atoms with Crippen LogP contribution in [0.4, 0.5) is 5.69 Å². The fourth-order valence-electron chi connectivity index (χ4n) is 1.85. The molecule has 0 spiro atoms. The molecule has 0 aliphatic heterocycles. The van der Waals surface area contributed by atoms with Gasteiger partial charge in [0.1, 0.15) is 0 Å². The van der Waals surface area contributed by atoms with Crippen LogP contribution in [-0.4, -0.2) is 15.5 Å². The number of anilines is 1. The van der Waals surface area contributed by atoms with E-state index in [-0.39, 0.29) is 4.90 Å². The van der Waals surface area contributed by atoms with Crippen molar-refractivity contribution in [3.63, 3.8) is 0 Å². The molecule has 0 aliphatic rings. The van der Waals surface area contributed by atoms with Gasteiger partial charge in [-0.2, -0.15) is 0 Å². The number of hydrogen-bond acceptors (Lipinski definition) is 2. The van der Waals surface area contributed by atoms with Crippen LogP contribution >= 0.6 is 11.6 Å². The summed E-state index contributed by atoms with van der Waals surface area (Å²) in [4.78, 5) is 0.284. The third-order valence-corrected chi connectivity index (χ3v) is 5.23. The van der Waals surface area contributed by atoms with Gasteiger partial charge in [0.2, 0.25) is 0 Å². The molecule has 0 aromatic heterocycles. The van der Waals surface area contributed by atoms with Crippen molar-refractivity contribution in [2.75, 3.05) is 11.4 Å². The molecule has 0 aliphatic carbocycles. The van der Waals surface area contributed by atoms with Crippen LogP contribution in [0.15, 0.2) is 53.4 Å². The lowest BCUT2D eigenvalue weighted by molar-refractivity contribution is 0.594. The van der Waals surface area contributed by atoms with Crippen LogP contribution in [0, 0.1) is 0 Å². The maximum absolute atomic E-state index is 12.5. The van der Waals surface area contributed by atoms with E-state index in [1.807, 2.05) is 19.1 Å². The van der Waals surface area contributed by atoms with Crippen molar-refractivity contribution in [3.05, 3.63) is 59.1 Å². The first-order valence-electron chi connectivity index (χ1n) is 6.28. The second-order valence-corrected chi connectivity index (χ2v) is 6.85. The Morgan fingerprint density at radius 1 is 1.00 bits per heavy atom. The molecule has 0 atom stereocenters. The van der Waals surface area contributed by atoms with Crippen molar-refractivity contribution in [1.82, 2.24) is 0 Å². The number of nitrogens with zero attached hydrogens (tertiary/aromatic N) is 1. The van der Waals surface area contributed by atoms with E-state index in [4.69, 9.17) is 11.6 Å². The zero-order valence-electron chi connectivity index (χ0n) is 11.4. The minimum atomic E-state index is -3.54. The molecule has 0 heterocycles. The van der Waals surface area contributed by atoms with Crippen LogP contribution in [0.2, 0.25) is 5.02 Å². The van der Waals surface area contributed by atoms with E-state index in [0.29, 0.717) is 10.7 Å². The highest BCUT2D eigenvalue weighted by Crippen LogP contribution is 2.23. The van der Waals surface area contributed by atoms with Crippen LogP contribution in [0.1, 0.15) is 12.5 Å². The Hall–Kier alpha value is -1.52. The number of halogens is 1. The molecule has 0 bridgehead atoms. The molecule has 2 aromatic rings. The van der Waals surface area contributed by atoms with Gasteiger partial charge in [-0.25, -0.2) is 8.42 Å². The summed E-state index contributed by atoms with van der Waals surface area (Å²) >= 11 is 5.81. The van der Waals surface area contributed by atoms with E-state index >= 15 is 0 Å². The average molecular weight is 310 g/mol. The predicted molar refractivity (Wildman–Crippen MR) is 82.9 cm³/mol. The summed E-state index contributed by atoms with van der Waals surface area (Å²) in [7, 11) is -2.01. The lowest BCUT2D eigenvalue weighted by atomic mass is 10.2. The van der Waals surface area contributed by atoms with Gasteiger partial charge in [-0.3, -0.25) is 4.31 Å². The van der Waals surface area contributed by atoms with E-state index in [1.165, 1.54) is 11.4 Å². The lowest BCUT2D eigenvalue weighted by Crippen LogP contribution is -2.26. The molecule has 20 heavy (non-hydrogen) atoms. The summed E-state index contributed by atoms with van der Waals surface area (Å²) in [5, 5.41) is 0.576. The minimum Gasteiger partial charge on any atom is -0.269 e. The van der Waals surface area contributed by atoms with Gasteiger partial charge in [0.25, 0.3) is 10.0 Å². The Kier molecular flexibility index (Phi) is 4.35. The summed E-state index contributed by atoms with van der Waals surface area (Å²) in [6.45, 7) is 2.03. The van der Waals surface area contributed by atoms with Crippen molar-refractivity contribution in [2.24, 2.45) is 0 Å². The molecule has 0 unspecified atom stereocenters. The van der Waals surface area contributed by atoms with E-state index < -0.39 is 10.0 Å². The van der Waals surface area contributed by atoms with Crippen LogP contribution in [-0.2, 0) is 16.4 Å². The number of aryl methyl sites for hydroxylation is 1. The first-order chi connectivity index (χ1) is 9.45. The first kappa shape index (κ1) is 14.9. The highest BCUT2D eigenvalue weighted by Gasteiger charge is 2.20. The van der Waals surface area contributed by atoms with Crippen LogP contribution in [0.3, 0.4) is 0 Å². The predicted octanol–water partition coefficient (Wildman–Crippen LogP) is 3.73. The minimum absolute atomic E-state index is 0.284. The van der Waals surface area contributed by atoms with Crippen molar-refractivity contribution in [3.8, 4) is 0 Å². The molecule has 2 aromatic carbocycles. The molecule has 0 N–H and O–H groups in total. The summed E-state index contributed by atoms with van der Waals surface area (Å²) in [5.74, 6) is 0. The summed E-state index contributed by atoms with van der Waals surface area (Å²) in [6.07, 6.45) is 0.882. The van der Waals surface area contributed by atoms with E-state index in [9.17, 15) is 8.42 Å². The zero-order chi connectivity index (χ0) is 14.8. The number of benzene rings is 2. The Morgan fingerprint density at radius 3 is 2.05 bits per heavy atom. The fraction of sp³-hybridized carbons (Fsp3) is 0.200. The van der Waals surface area contributed by atoms with Crippen molar-refractivity contribution < 1.29 is 8.42 Å². The van der Waals surface area contributed by atoms with E-state index in [0.717, 1.165) is 12.0 Å². The van der Waals surface area contributed by atoms with Crippen LogP contribution in [0.25, 0.3) is 0 Å². The van der Waals surface area contributed by atoms with Gasteiger partial charge in [0.05, 0.1) is 10.6 Å². The van der Waals surface area contributed by atoms with Gasteiger partial charge < -0.3 is 0 Å². The maximum atomic E-state index is 12.5. The van der Waals surface area contributed by atoms with Gasteiger partial charge in [-0.05, 0) is 48.4 Å². The quantitative estimate of drug-likeness (QED) is 0.863. The van der Waals surface area contributed by atoms with Crippen molar-refractivity contribution >= 4 is 27.3 Å². The maximum Gasteiger partial charge on any atom is 0.264 e. The Balaban J connectivity index is 2.35. The van der Waals surface area contributed by atoms with E-state index in [1.54, 1.807) is 36.4 Å². The largest absolute Gasteiger partial charge is 0.269 e. The molecule has 0 fully saturated rings. The average Bonchev–Trinajstić information content (AvgIpc) is 2.47. The Bertz CT molecular complexity index is 679. The summed E-state index contributed by atoms with van der Waals surface area (Å²) < 4.78 is 26.3. The van der Waals surface area contributed by atoms with Crippen molar-refractivity contribution in [2.45, 2.75) is 18.2 Å². The Morgan fingerprint density at radius 2 is 1.55 bits per heavy atom. The zero-order valence-corrected chi connectivity index (χ0v) is 12.9. The molecular formula is C15H16ClNO2S. The smallest absolute Gasteiger partial charge is 0.264 e. The number of hydrogen-bond donors (Lipinski definition) is 0. The molecule has 0 radical (unpaired) electrons. The molecule has 0 saturated heterocycles. The number of sulfonamides is 1. The summed E-state index contributed by atoms with van der Waals surface area (Å²) in [6, 6.07) is 13.7. The lowest BCUT2D eigenvalue weighted by Gasteiger charge is -2.19. The SMILES string of the molecule is CCc1ccc(S(=O)(=O)N(C)c2ccc(Cl)cc2)cc1. The highest BCUT2D eigenvalue weighted by atomic mass is 35.5. The highest BCUT2D eigenvalue weighted by molar-refractivity contribution is 7.92. The molecular weight excluding hydrogens is 294 g/mol. The molecule has 0 saturated carbocycles. The van der Waals surface area contributed by atoms with Gasteiger partial charge >= 0.3 is 0 Å². The molecule has 5 heteroatoms. The molecule has 0 amide bonds.